The Bertz CT molecular complexity index is 748. The summed E-state index contributed by atoms with van der Waals surface area (Å²) in [5, 5.41) is 0. The molecular formula is C17H20N2OS. The van der Waals surface area contributed by atoms with Crippen LogP contribution in [0, 0.1) is 12.8 Å². The van der Waals surface area contributed by atoms with Crippen molar-refractivity contribution >= 4 is 27.5 Å². The number of amides is 1. The van der Waals surface area contributed by atoms with Gasteiger partial charge in [-0.25, -0.2) is 0 Å². The molecule has 2 aromatic rings. The average Bonchev–Trinajstić information content (AvgIpc) is 3.08. The molecule has 1 fully saturated rings. The van der Waals surface area contributed by atoms with Crippen LogP contribution in [0.15, 0.2) is 35.8 Å². The molecule has 1 aromatic heterocycles. The van der Waals surface area contributed by atoms with E-state index in [0.717, 1.165) is 36.0 Å². The van der Waals surface area contributed by atoms with Crippen molar-refractivity contribution in [3.05, 3.63) is 41.2 Å². The van der Waals surface area contributed by atoms with E-state index in [9.17, 15) is 4.79 Å². The Morgan fingerprint density at radius 2 is 2.24 bits per heavy atom. The van der Waals surface area contributed by atoms with E-state index in [2.05, 4.69) is 41.3 Å². The number of allylic oxidation sites excluding steroid dienone is 1. The van der Waals surface area contributed by atoms with Crippen LogP contribution < -0.4 is 4.80 Å². The molecule has 21 heavy (non-hydrogen) atoms. The summed E-state index contributed by atoms with van der Waals surface area (Å²) in [5.41, 5.74) is 2.35. The van der Waals surface area contributed by atoms with Gasteiger partial charge in [-0.05, 0) is 37.5 Å². The van der Waals surface area contributed by atoms with E-state index in [1.54, 1.807) is 11.3 Å². The maximum Gasteiger partial charge on any atom is 0.251 e. The summed E-state index contributed by atoms with van der Waals surface area (Å²) >= 11 is 1.59. The maximum atomic E-state index is 12.3. The highest BCUT2D eigenvalue weighted by Gasteiger charge is 2.22. The topological polar surface area (TPSA) is 34.4 Å². The summed E-state index contributed by atoms with van der Waals surface area (Å²) in [6.45, 7) is 6.58. The molecule has 1 amide bonds. The SMILES string of the molecule is C=CCn1c(=NC(=O)C2CCCC2)sc2cc(C)ccc21. The maximum absolute atomic E-state index is 12.3. The van der Waals surface area contributed by atoms with E-state index in [-0.39, 0.29) is 11.8 Å². The minimum atomic E-state index is 0.0496. The summed E-state index contributed by atoms with van der Waals surface area (Å²) in [5.74, 6) is 0.183. The predicted molar refractivity (Wildman–Crippen MR) is 87.3 cm³/mol. The number of benzene rings is 1. The van der Waals surface area contributed by atoms with Gasteiger partial charge in [0.1, 0.15) is 0 Å². The first-order chi connectivity index (χ1) is 10.2. The lowest BCUT2D eigenvalue weighted by molar-refractivity contribution is -0.121. The van der Waals surface area contributed by atoms with Crippen LogP contribution in [-0.4, -0.2) is 10.5 Å². The van der Waals surface area contributed by atoms with Crippen LogP contribution in [0.3, 0.4) is 0 Å². The molecule has 4 heteroatoms. The second kappa shape index (κ2) is 5.98. The Morgan fingerprint density at radius 3 is 2.95 bits per heavy atom. The number of thiazole rings is 1. The molecule has 1 saturated carbocycles. The van der Waals surface area contributed by atoms with Crippen molar-refractivity contribution in [2.45, 2.75) is 39.2 Å². The summed E-state index contributed by atoms with van der Waals surface area (Å²) in [6.07, 6.45) is 6.15. The van der Waals surface area contributed by atoms with Crippen molar-refractivity contribution in [2.24, 2.45) is 10.9 Å². The van der Waals surface area contributed by atoms with Gasteiger partial charge >= 0.3 is 0 Å². The van der Waals surface area contributed by atoms with Gasteiger partial charge < -0.3 is 4.57 Å². The Labute approximate surface area is 128 Å². The van der Waals surface area contributed by atoms with Crippen LogP contribution in [0.25, 0.3) is 10.2 Å². The molecule has 3 rings (SSSR count). The molecule has 0 spiro atoms. The minimum absolute atomic E-state index is 0.0496. The van der Waals surface area contributed by atoms with Gasteiger partial charge in [-0.1, -0.05) is 36.3 Å². The highest BCUT2D eigenvalue weighted by atomic mass is 32.1. The fraction of sp³-hybridized carbons (Fsp3) is 0.412. The molecule has 0 N–H and O–H groups in total. The molecule has 1 aromatic carbocycles. The number of aromatic nitrogens is 1. The second-order valence-corrected chi connectivity index (χ2v) is 6.70. The van der Waals surface area contributed by atoms with Gasteiger partial charge in [0.2, 0.25) is 0 Å². The standard InChI is InChI=1S/C17H20N2OS/c1-3-10-19-14-9-8-12(2)11-15(14)21-17(19)18-16(20)13-6-4-5-7-13/h3,8-9,11,13H,1,4-7,10H2,2H3. The number of rotatable bonds is 3. The first-order valence-corrected chi connectivity index (χ1v) is 8.30. The van der Waals surface area contributed by atoms with Crippen LogP contribution in [-0.2, 0) is 11.3 Å². The lowest BCUT2D eigenvalue weighted by Gasteiger charge is -2.03. The highest BCUT2D eigenvalue weighted by molar-refractivity contribution is 7.16. The van der Waals surface area contributed by atoms with E-state index in [1.807, 2.05) is 6.08 Å². The van der Waals surface area contributed by atoms with Crippen LogP contribution in [0.5, 0.6) is 0 Å². The van der Waals surface area contributed by atoms with Gasteiger partial charge in [-0.15, -0.1) is 6.58 Å². The fourth-order valence-electron chi connectivity index (χ4n) is 2.93. The molecule has 110 valence electrons. The molecule has 0 saturated heterocycles. The number of carbonyl (C=O) groups excluding carboxylic acids is 1. The normalized spacial score (nSPS) is 16.7. The lowest BCUT2D eigenvalue weighted by Crippen LogP contribution is -2.19. The Hall–Kier alpha value is -1.68. The van der Waals surface area contributed by atoms with E-state index in [0.29, 0.717) is 6.54 Å². The number of hydrogen-bond acceptors (Lipinski definition) is 2. The Kier molecular flexibility index (Phi) is 4.06. The molecule has 1 aliphatic carbocycles. The van der Waals surface area contributed by atoms with Crippen molar-refractivity contribution in [1.82, 2.24) is 4.57 Å². The van der Waals surface area contributed by atoms with Crippen molar-refractivity contribution in [3.8, 4) is 0 Å². The first-order valence-electron chi connectivity index (χ1n) is 7.48. The van der Waals surface area contributed by atoms with Crippen molar-refractivity contribution in [1.29, 1.82) is 0 Å². The quantitative estimate of drug-likeness (QED) is 0.794. The molecule has 1 heterocycles. The van der Waals surface area contributed by atoms with Crippen molar-refractivity contribution in [3.63, 3.8) is 0 Å². The van der Waals surface area contributed by atoms with Gasteiger partial charge in [0.05, 0.1) is 10.2 Å². The molecule has 0 radical (unpaired) electrons. The summed E-state index contributed by atoms with van der Waals surface area (Å²) in [7, 11) is 0. The third-order valence-corrected chi connectivity index (χ3v) is 5.10. The van der Waals surface area contributed by atoms with Gasteiger partial charge in [0.15, 0.2) is 4.80 Å². The van der Waals surface area contributed by atoms with E-state index in [4.69, 9.17) is 0 Å². The Morgan fingerprint density at radius 1 is 1.48 bits per heavy atom. The molecule has 0 bridgehead atoms. The largest absolute Gasteiger partial charge is 0.313 e. The van der Waals surface area contributed by atoms with Crippen LogP contribution in [0.1, 0.15) is 31.2 Å². The van der Waals surface area contributed by atoms with E-state index >= 15 is 0 Å². The van der Waals surface area contributed by atoms with Crippen LogP contribution in [0.2, 0.25) is 0 Å². The minimum Gasteiger partial charge on any atom is -0.313 e. The predicted octanol–water partition coefficient (Wildman–Crippen LogP) is 3.81. The first kappa shape index (κ1) is 14.3. The molecule has 0 aliphatic heterocycles. The number of hydrogen-bond donors (Lipinski definition) is 0. The molecular weight excluding hydrogens is 280 g/mol. The number of aryl methyl sites for hydroxylation is 1. The fourth-order valence-corrected chi connectivity index (χ4v) is 4.07. The second-order valence-electron chi connectivity index (χ2n) is 5.69. The Balaban J connectivity index is 2.09. The third-order valence-electron chi connectivity index (χ3n) is 4.06. The monoisotopic (exact) mass is 300 g/mol. The van der Waals surface area contributed by atoms with Crippen LogP contribution in [0.4, 0.5) is 0 Å². The zero-order valence-electron chi connectivity index (χ0n) is 12.3. The summed E-state index contributed by atoms with van der Waals surface area (Å²) in [6, 6.07) is 6.35. The third kappa shape index (κ3) is 2.86. The summed E-state index contributed by atoms with van der Waals surface area (Å²) in [4.78, 5) is 17.5. The van der Waals surface area contributed by atoms with Crippen molar-refractivity contribution in [2.75, 3.05) is 0 Å². The zero-order chi connectivity index (χ0) is 14.8. The highest BCUT2D eigenvalue weighted by Crippen LogP contribution is 2.26. The molecule has 1 aliphatic rings. The summed E-state index contributed by atoms with van der Waals surface area (Å²) < 4.78 is 3.26. The van der Waals surface area contributed by atoms with Crippen molar-refractivity contribution < 1.29 is 4.79 Å². The van der Waals surface area contributed by atoms with Gasteiger partial charge in [-0.2, -0.15) is 4.99 Å². The van der Waals surface area contributed by atoms with E-state index in [1.165, 1.54) is 10.3 Å². The average molecular weight is 300 g/mol. The van der Waals surface area contributed by atoms with Crippen LogP contribution >= 0.6 is 11.3 Å². The van der Waals surface area contributed by atoms with E-state index < -0.39 is 0 Å². The van der Waals surface area contributed by atoms with Gasteiger partial charge in [0, 0.05) is 12.5 Å². The number of nitrogens with zero attached hydrogens (tertiary/aromatic N) is 2. The van der Waals surface area contributed by atoms with Gasteiger partial charge in [-0.3, -0.25) is 4.79 Å². The van der Waals surface area contributed by atoms with Gasteiger partial charge in [0.25, 0.3) is 5.91 Å². The smallest absolute Gasteiger partial charge is 0.251 e. The molecule has 0 unspecified atom stereocenters. The lowest BCUT2D eigenvalue weighted by atomic mass is 10.1. The molecule has 0 atom stereocenters. The zero-order valence-corrected chi connectivity index (χ0v) is 13.2. The number of fused-ring (bicyclic) bond motifs is 1. The number of carbonyl (C=O) groups is 1. The molecule has 3 nitrogen and oxygen atoms in total.